The maximum Gasteiger partial charge on any atom is 0.293 e. The van der Waals surface area contributed by atoms with Crippen molar-refractivity contribution in [3.05, 3.63) is 74.7 Å². The fourth-order valence-electron chi connectivity index (χ4n) is 2.56. The predicted octanol–water partition coefficient (Wildman–Crippen LogP) is 3.79. The van der Waals surface area contributed by atoms with E-state index in [1.807, 2.05) is 0 Å². The first kappa shape index (κ1) is 19.3. The molecule has 1 aliphatic heterocycles. The molecule has 3 amide bonds. The number of non-ortho nitro benzene ring substituents is 1. The van der Waals surface area contributed by atoms with Gasteiger partial charge >= 0.3 is 0 Å². The number of benzene rings is 2. The summed E-state index contributed by atoms with van der Waals surface area (Å²) in [6, 6.07) is 12.6. The smallest absolute Gasteiger partial charge is 0.293 e. The van der Waals surface area contributed by atoms with E-state index in [4.69, 9.17) is 0 Å². The average Bonchev–Trinajstić information content (AvgIpc) is 2.91. The highest BCUT2D eigenvalue weighted by molar-refractivity contribution is 8.18. The molecule has 0 bridgehead atoms. The molecule has 0 saturated carbocycles. The number of hydrogen-bond donors (Lipinski definition) is 1. The minimum absolute atomic E-state index is 0.0431. The molecule has 9 heteroatoms. The molecule has 3 rings (SSSR count). The molecule has 1 heterocycles. The van der Waals surface area contributed by atoms with Crippen LogP contribution in [0.3, 0.4) is 0 Å². The number of hydrogen-bond acceptors (Lipinski definition) is 6. The number of rotatable bonds is 5. The van der Waals surface area contributed by atoms with E-state index in [2.05, 4.69) is 5.32 Å². The molecule has 8 nitrogen and oxygen atoms in total. The Labute approximate surface area is 164 Å². The monoisotopic (exact) mass is 397 g/mol. The van der Waals surface area contributed by atoms with E-state index in [9.17, 15) is 24.5 Å². The summed E-state index contributed by atoms with van der Waals surface area (Å²) in [5.41, 5.74) is 1.92. The first-order valence-electron chi connectivity index (χ1n) is 8.20. The van der Waals surface area contributed by atoms with E-state index >= 15 is 0 Å². The van der Waals surface area contributed by atoms with Crippen molar-refractivity contribution in [2.24, 2.45) is 0 Å². The van der Waals surface area contributed by atoms with Gasteiger partial charge in [-0.25, -0.2) is 0 Å². The van der Waals surface area contributed by atoms with Gasteiger partial charge in [0.25, 0.3) is 16.8 Å². The standard InChI is InChI=1S/C19H15N3O5S/c1-12(23)20-15-6-2-13(3-7-15)10-17-18(24)21(19(25)28-17)11-14-4-8-16(9-5-14)22(26)27/h2-10H,11H2,1H3,(H,20,23)/b17-10-. The lowest BCUT2D eigenvalue weighted by atomic mass is 10.1. The number of amides is 3. The molecule has 0 unspecified atom stereocenters. The van der Waals surface area contributed by atoms with E-state index in [0.29, 0.717) is 16.2 Å². The van der Waals surface area contributed by atoms with Crippen LogP contribution < -0.4 is 5.32 Å². The molecule has 28 heavy (non-hydrogen) atoms. The topological polar surface area (TPSA) is 110 Å². The second kappa shape index (κ2) is 8.05. The number of carbonyl (C=O) groups excluding carboxylic acids is 3. The zero-order valence-corrected chi connectivity index (χ0v) is 15.6. The third-order valence-corrected chi connectivity index (χ3v) is 4.80. The first-order valence-corrected chi connectivity index (χ1v) is 9.01. The Morgan fingerprint density at radius 3 is 2.36 bits per heavy atom. The van der Waals surface area contributed by atoms with E-state index in [1.165, 1.54) is 31.2 Å². The fourth-order valence-corrected chi connectivity index (χ4v) is 3.40. The fraction of sp³-hybridized carbons (Fsp3) is 0.105. The molecule has 1 aliphatic rings. The van der Waals surface area contributed by atoms with Crippen LogP contribution in [0.4, 0.5) is 16.2 Å². The van der Waals surface area contributed by atoms with Crippen LogP contribution in [0.5, 0.6) is 0 Å². The highest BCUT2D eigenvalue weighted by Gasteiger charge is 2.35. The van der Waals surface area contributed by atoms with Gasteiger partial charge in [-0.05, 0) is 41.1 Å². The van der Waals surface area contributed by atoms with Crippen LogP contribution in [0, 0.1) is 10.1 Å². The largest absolute Gasteiger partial charge is 0.326 e. The summed E-state index contributed by atoms with van der Waals surface area (Å²) in [5, 5.41) is 13.0. The quantitative estimate of drug-likeness (QED) is 0.467. The number of thioether (sulfide) groups is 1. The molecule has 2 aromatic rings. The lowest BCUT2D eigenvalue weighted by molar-refractivity contribution is -0.384. The van der Waals surface area contributed by atoms with E-state index < -0.39 is 16.1 Å². The third-order valence-electron chi connectivity index (χ3n) is 3.89. The molecular formula is C19H15N3O5S. The van der Waals surface area contributed by atoms with Crippen LogP contribution >= 0.6 is 11.8 Å². The van der Waals surface area contributed by atoms with E-state index in [1.54, 1.807) is 30.3 Å². The highest BCUT2D eigenvalue weighted by Crippen LogP contribution is 2.33. The van der Waals surface area contributed by atoms with Gasteiger partial charge in [0.2, 0.25) is 5.91 Å². The van der Waals surface area contributed by atoms with Crippen molar-refractivity contribution in [1.82, 2.24) is 4.90 Å². The zero-order chi connectivity index (χ0) is 20.3. The number of carbonyl (C=O) groups is 3. The second-order valence-electron chi connectivity index (χ2n) is 5.99. The van der Waals surface area contributed by atoms with Gasteiger partial charge in [0.05, 0.1) is 16.4 Å². The van der Waals surface area contributed by atoms with Crippen molar-refractivity contribution in [2.75, 3.05) is 5.32 Å². The SMILES string of the molecule is CC(=O)Nc1ccc(/C=C2\SC(=O)N(Cc3ccc([N+](=O)[O-])cc3)C2=O)cc1. The summed E-state index contributed by atoms with van der Waals surface area (Å²) in [4.78, 5) is 47.4. The third kappa shape index (κ3) is 4.44. The summed E-state index contributed by atoms with van der Waals surface area (Å²) in [6.45, 7) is 1.45. The number of nitro benzene ring substituents is 1. The van der Waals surface area contributed by atoms with Crippen LogP contribution in [0.15, 0.2) is 53.4 Å². The molecule has 0 aliphatic carbocycles. The lowest BCUT2D eigenvalue weighted by Gasteiger charge is -2.12. The zero-order valence-electron chi connectivity index (χ0n) is 14.7. The van der Waals surface area contributed by atoms with Crippen molar-refractivity contribution in [3.8, 4) is 0 Å². The molecular weight excluding hydrogens is 382 g/mol. The van der Waals surface area contributed by atoms with E-state index in [-0.39, 0.29) is 18.1 Å². The molecule has 0 atom stereocenters. The maximum absolute atomic E-state index is 12.6. The van der Waals surface area contributed by atoms with Gasteiger partial charge in [0.1, 0.15) is 0 Å². The predicted molar refractivity (Wildman–Crippen MR) is 105 cm³/mol. The average molecular weight is 397 g/mol. The normalized spacial score (nSPS) is 15.2. The highest BCUT2D eigenvalue weighted by atomic mass is 32.2. The molecule has 2 aromatic carbocycles. The molecule has 0 radical (unpaired) electrons. The Kier molecular flexibility index (Phi) is 5.55. The molecule has 0 spiro atoms. The Morgan fingerprint density at radius 2 is 1.79 bits per heavy atom. The number of imide groups is 1. The number of nitrogens with zero attached hydrogens (tertiary/aromatic N) is 2. The molecule has 1 N–H and O–H groups in total. The number of anilines is 1. The Morgan fingerprint density at radius 1 is 1.14 bits per heavy atom. The molecule has 142 valence electrons. The van der Waals surface area contributed by atoms with Gasteiger partial charge in [-0.1, -0.05) is 24.3 Å². The van der Waals surface area contributed by atoms with Crippen LogP contribution in [0.2, 0.25) is 0 Å². The van der Waals surface area contributed by atoms with Gasteiger partial charge in [-0.3, -0.25) is 29.4 Å². The summed E-state index contributed by atoms with van der Waals surface area (Å²) in [7, 11) is 0. The minimum atomic E-state index is -0.510. The maximum atomic E-state index is 12.6. The summed E-state index contributed by atoms with van der Waals surface area (Å²) < 4.78 is 0. The van der Waals surface area contributed by atoms with Crippen molar-refractivity contribution in [2.45, 2.75) is 13.5 Å². The Balaban J connectivity index is 1.72. The summed E-state index contributed by atoms with van der Waals surface area (Å²) in [6.07, 6.45) is 1.61. The van der Waals surface area contributed by atoms with Crippen LogP contribution in [0.25, 0.3) is 6.08 Å². The molecule has 0 aromatic heterocycles. The van der Waals surface area contributed by atoms with Crippen molar-refractivity contribution >= 4 is 46.3 Å². The lowest BCUT2D eigenvalue weighted by Crippen LogP contribution is -2.27. The van der Waals surface area contributed by atoms with Gasteiger partial charge < -0.3 is 5.32 Å². The van der Waals surface area contributed by atoms with Crippen LogP contribution in [-0.2, 0) is 16.1 Å². The number of nitro groups is 1. The Bertz CT molecular complexity index is 984. The van der Waals surface area contributed by atoms with E-state index in [0.717, 1.165) is 22.2 Å². The Hall–Kier alpha value is -3.46. The van der Waals surface area contributed by atoms with Gasteiger partial charge in [-0.2, -0.15) is 0 Å². The van der Waals surface area contributed by atoms with Gasteiger partial charge in [0.15, 0.2) is 0 Å². The first-order chi connectivity index (χ1) is 13.3. The van der Waals surface area contributed by atoms with Gasteiger partial charge in [0, 0.05) is 24.7 Å². The number of nitrogens with one attached hydrogen (secondary N) is 1. The molecule has 1 saturated heterocycles. The molecule has 1 fully saturated rings. The van der Waals surface area contributed by atoms with Crippen molar-refractivity contribution < 1.29 is 19.3 Å². The van der Waals surface area contributed by atoms with Crippen LogP contribution in [0.1, 0.15) is 18.1 Å². The summed E-state index contributed by atoms with van der Waals surface area (Å²) >= 11 is 0.839. The van der Waals surface area contributed by atoms with Crippen LogP contribution in [-0.4, -0.2) is 26.9 Å². The summed E-state index contributed by atoms with van der Waals surface area (Å²) in [5.74, 6) is -0.598. The van der Waals surface area contributed by atoms with Crippen molar-refractivity contribution in [1.29, 1.82) is 0 Å². The van der Waals surface area contributed by atoms with Crippen molar-refractivity contribution in [3.63, 3.8) is 0 Å². The minimum Gasteiger partial charge on any atom is -0.326 e. The second-order valence-corrected chi connectivity index (χ2v) is 6.99. The van der Waals surface area contributed by atoms with Gasteiger partial charge in [-0.15, -0.1) is 0 Å².